The predicted octanol–water partition coefficient (Wildman–Crippen LogP) is 4.48. The van der Waals surface area contributed by atoms with E-state index in [0.29, 0.717) is 11.9 Å². The van der Waals surface area contributed by atoms with Gasteiger partial charge in [0.05, 0.1) is 14.7 Å². The molecule has 0 amide bonds. The largest absolute Gasteiger partial charge is 0.473 e. The van der Waals surface area contributed by atoms with E-state index in [2.05, 4.69) is 37.3 Å². The number of benzene rings is 1. The SMILES string of the molecule is Brc1cccnc1O[C@H]1C[C@H](Nc2nc3ccccc3s2)C1. The Morgan fingerprint density at radius 1 is 1.18 bits per heavy atom. The molecule has 1 N–H and O–H groups in total. The Labute approximate surface area is 140 Å². The Balaban J connectivity index is 1.35. The molecule has 0 saturated heterocycles. The maximum Gasteiger partial charge on any atom is 0.228 e. The smallest absolute Gasteiger partial charge is 0.228 e. The van der Waals surface area contributed by atoms with Gasteiger partial charge in [-0.25, -0.2) is 9.97 Å². The zero-order valence-electron chi connectivity index (χ0n) is 11.7. The van der Waals surface area contributed by atoms with Gasteiger partial charge < -0.3 is 10.1 Å². The summed E-state index contributed by atoms with van der Waals surface area (Å²) in [6.45, 7) is 0. The lowest BCUT2D eigenvalue weighted by Crippen LogP contribution is -2.42. The van der Waals surface area contributed by atoms with E-state index >= 15 is 0 Å². The van der Waals surface area contributed by atoms with Crippen molar-refractivity contribution < 1.29 is 4.74 Å². The first-order chi connectivity index (χ1) is 10.8. The lowest BCUT2D eigenvalue weighted by molar-refractivity contribution is 0.102. The zero-order valence-corrected chi connectivity index (χ0v) is 14.1. The van der Waals surface area contributed by atoms with Crippen molar-refractivity contribution in [2.45, 2.75) is 25.0 Å². The average Bonchev–Trinajstić information content (AvgIpc) is 2.89. The number of fused-ring (bicyclic) bond motifs is 1. The summed E-state index contributed by atoms with van der Waals surface area (Å²) in [5, 5.41) is 4.48. The number of para-hydroxylation sites is 1. The van der Waals surface area contributed by atoms with Gasteiger partial charge in [0.25, 0.3) is 0 Å². The van der Waals surface area contributed by atoms with Gasteiger partial charge in [-0.15, -0.1) is 0 Å². The van der Waals surface area contributed by atoms with Crippen LogP contribution in [0.15, 0.2) is 47.1 Å². The van der Waals surface area contributed by atoms with Gasteiger partial charge in [0.15, 0.2) is 5.13 Å². The van der Waals surface area contributed by atoms with E-state index in [1.54, 1.807) is 17.5 Å². The summed E-state index contributed by atoms with van der Waals surface area (Å²) in [5.41, 5.74) is 1.06. The van der Waals surface area contributed by atoms with E-state index in [-0.39, 0.29) is 6.10 Å². The Kier molecular flexibility index (Phi) is 3.72. The first kappa shape index (κ1) is 14.0. The molecule has 0 radical (unpaired) electrons. The predicted molar refractivity (Wildman–Crippen MR) is 92.6 cm³/mol. The number of halogens is 1. The fourth-order valence-electron chi connectivity index (χ4n) is 2.50. The molecule has 1 aliphatic rings. The number of pyridine rings is 1. The molecule has 3 aromatic rings. The van der Waals surface area contributed by atoms with Gasteiger partial charge in [-0.1, -0.05) is 23.5 Å². The van der Waals surface area contributed by atoms with Crippen LogP contribution < -0.4 is 10.1 Å². The molecule has 2 heterocycles. The summed E-state index contributed by atoms with van der Waals surface area (Å²) in [6, 6.07) is 12.5. The third-order valence-corrected chi connectivity index (χ3v) is 5.29. The third kappa shape index (κ3) is 2.80. The Morgan fingerprint density at radius 2 is 2.05 bits per heavy atom. The van der Waals surface area contributed by atoms with Gasteiger partial charge in [0.2, 0.25) is 5.88 Å². The van der Waals surface area contributed by atoms with Crippen molar-refractivity contribution in [2.75, 3.05) is 5.32 Å². The van der Waals surface area contributed by atoms with E-state index in [1.165, 1.54) is 4.70 Å². The van der Waals surface area contributed by atoms with Gasteiger partial charge in [-0.3, -0.25) is 0 Å². The molecule has 4 nitrogen and oxygen atoms in total. The number of hydrogen-bond acceptors (Lipinski definition) is 5. The van der Waals surface area contributed by atoms with Crippen molar-refractivity contribution in [3.63, 3.8) is 0 Å². The van der Waals surface area contributed by atoms with Gasteiger partial charge >= 0.3 is 0 Å². The Bertz CT molecular complexity index is 768. The minimum absolute atomic E-state index is 0.220. The fourth-order valence-corrected chi connectivity index (χ4v) is 3.80. The first-order valence-electron chi connectivity index (χ1n) is 7.17. The molecule has 1 saturated carbocycles. The van der Waals surface area contributed by atoms with Crippen LogP contribution in [-0.4, -0.2) is 22.1 Å². The second-order valence-electron chi connectivity index (χ2n) is 5.33. The van der Waals surface area contributed by atoms with E-state index < -0.39 is 0 Å². The normalized spacial score (nSPS) is 20.6. The molecule has 0 spiro atoms. The van der Waals surface area contributed by atoms with Crippen molar-refractivity contribution >= 4 is 42.6 Å². The number of thiazole rings is 1. The number of nitrogens with one attached hydrogen (secondary N) is 1. The first-order valence-corrected chi connectivity index (χ1v) is 8.78. The second-order valence-corrected chi connectivity index (χ2v) is 7.21. The molecule has 0 atom stereocenters. The summed E-state index contributed by atoms with van der Waals surface area (Å²) in [4.78, 5) is 8.84. The van der Waals surface area contributed by atoms with E-state index in [0.717, 1.165) is 28.0 Å². The maximum absolute atomic E-state index is 5.89. The molecule has 0 aliphatic heterocycles. The quantitative estimate of drug-likeness (QED) is 0.730. The topological polar surface area (TPSA) is 47.0 Å². The minimum atomic E-state index is 0.220. The summed E-state index contributed by atoms with van der Waals surface area (Å²) in [6.07, 6.45) is 3.91. The molecule has 22 heavy (non-hydrogen) atoms. The highest BCUT2D eigenvalue weighted by atomic mass is 79.9. The summed E-state index contributed by atoms with van der Waals surface area (Å²) in [5.74, 6) is 0.672. The van der Waals surface area contributed by atoms with Crippen molar-refractivity contribution in [3.8, 4) is 5.88 Å². The van der Waals surface area contributed by atoms with Gasteiger partial charge in [-0.2, -0.15) is 0 Å². The van der Waals surface area contributed by atoms with Crippen molar-refractivity contribution in [1.29, 1.82) is 0 Å². The van der Waals surface area contributed by atoms with E-state index in [4.69, 9.17) is 4.74 Å². The highest BCUT2D eigenvalue weighted by Gasteiger charge is 2.32. The summed E-state index contributed by atoms with van der Waals surface area (Å²) in [7, 11) is 0. The Morgan fingerprint density at radius 3 is 2.86 bits per heavy atom. The van der Waals surface area contributed by atoms with Crippen LogP contribution in [0.4, 0.5) is 5.13 Å². The molecule has 1 aliphatic carbocycles. The fraction of sp³-hybridized carbons (Fsp3) is 0.250. The molecule has 1 aromatic carbocycles. The average molecular weight is 376 g/mol. The number of nitrogens with zero attached hydrogens (tertiary/aromatic N) is 2. The molecule has 1 fully saturated rings. The lowest BCUT2D eigenvalue weighted by Gasteiger charge is -2.35. The second kappa shape index (κ2) is 5.85. The number of rotatable bonds is 4. The van der Waals surface area contributed by atoms with Crippen LogP contribution in [0.3, 0.4) is 0 Å². The number of aromatic nitrogens is 2. The van der Waals surface area contributed by atoms with Crippen LogP contribution in [-0.2, 0) is 0 Å². The number of ether oxygens (including phenoxy) is 1. The van der Waals surface area contributed by atoms with Crippen LogP contribution in [0.25, 0.3) is 10.2 Å². The monoisotopic (exact) mass is 375 g/mol. The highest BCUT2D eigenvalue weighted by Crippen LogP contribution is 2.33. The molecule has 0 bridgehead atoms. The maximum atomic E-state index is 5.89. The summed E-state index contributed by atoms with van der Waals surface area (Å²) < 4.78 is 8.01. The number of anilines is 1. The van der Waals surface area contributed by atoms with Crippen LogP contribution in [0.2, 0.25) is 0 Å². The Hall–Kier alpha value is -1.66. The molecule has 0 unspecified atom stereocenters. The van der Waals surface area contributed by atoms with Crippen LogP contribution >= 0.6 is 27.3 Å². The minimum Gasteiger partial charge on any atom is -0.473 e. The molecule has 6 heteroatoms. The third-order valence-electron chi connectivity index (χ3n) is 3.72. The van der Waals surface area contributed by atoms with Crippen molar-refractivity contribution in [3.05, 3.63) is 47.1 Å². The molecular weight excluding hydrogens is 362 g/mol. The van der Waals surface area contributed by atoms with E-state index in [9.17, 15) is 0 Å². The lowest BCUT2D eigenvalue weighted by atomic mass is 9.89. The molecule has 2 aromatic heterocycles. The van der Waals surface area contributed by atoms with Crippen LogP contribution in [0, 0.1) is 0 Å². The highest BCUT2D eigenvalue weighted by molar-refractivity contribution is 9.10. The standard InChI is InChI=1S/C16H14BrN3OS/c17-12-4-3-7-18-15(12)21-11-8-10(9-11)19-16-20-13-5-1-2-6-14(13)22-16/h1-7,10-11H,8-9H2,(H,19,20)/t10-,11-. The number of hydrogen-bond donors (Lipinski definition) is 1. The van der Waals surface area contributed by atoms with Crippen LogP contribution in [0.5, 0.6) is 5.88 Å². The summed E-state index contributed by atoms with van der Waals surface area (Å²) >= 11 is 5.15. The molecular formula is C16H14BrN3OS. The van der Waals surface area contributed by atoms with Crippen molar-refractivity contribution in [1.82, 2.24) is 9.97 Å². The van der Waals surface area contributed by atoms with Gasteiger partial charge in [-0.05, 0) is 40.2 Å². The molecule has 4 rings (SSSR count). The van der Waals surface area contributed by atoms with Crippen LogP contribution in [0.1, 0.15) is 12.8 Å². The molecule has 112 valence electrons. The van der Waals surface area contributed by atoms with Gasteiger partial charge in [0.1, 0.15) is 6.10 Å². The zero-order chi connectivity index (χ0) is 14.9. The van der Waals surface area contributed by atoms with Gasteiger partial charge in [0, 0.05) is 25.1 Å². The van der Waals surface area contributed by atoms with E-state index in [1.807, 2.05) is 30.3 Å². The van der Waals surface area contributed by atoms with Crippen molar-refractivity contribution in [2.24, 2.45) is 0 Å².